The minimum atomic E-state index is -0.245. The fourth-order valence-corrected chi connectivity index (χ4v) is 1.12. The number of amides is 1. The first kappa shape index (κ1) is 9.73. The van der Waals surface area contributed by atoms with Crippen LogP contribution in [0.2, 0.25) is 0 Å². The number of nitrogens with two attached hydrogens (primary N) is 1. The SMILES string of the molecule is Cc1nn(CC(=O)NN)c(C)c1C. The molecule has 0 bridgehead atoms. The summed E-state index contributed by atoms with van der Waals surface area (Å²) in [7, 11) is 0. The average molecular weight is 182 g/mol. The maximum Gasteiger partial charge on any atom is 0.255 e. The third kappa shape index (κ3) is 1.86. The molecule has 1 amide bonds. The van der Waals surface area contributed by atoms with Crippen LogP contribution in [0, 0.1) is 20.8 Å². The molecule has 0 unspecified atom stereocenters. The van der Waals surface area contributed by atoms with Crippen LogP contribution >= 0.6 is 0 Å². The van der Waals surface area contributed by atoms with Gasteiger partial charge in [0, 0.05) is 5.69 Å². The van der Waals surface area contributed by atoms with E-state index in [1.54, 1.807) is 4.68 Å². The van der Waals surface area contributed by atoms with Crippen LogP contribution in [0.4, 0.5) is 0 Å². The summed E-state index contributed by atoms with van der Waals surface area (Å²) in [5.74, 6) is 4.73. The second kappa shape index (κ2) is 3.57. The van der Waals surface area contributed by atoms with Crippen LogP contribution in [0.5, 0.6) is 0 Å². The third-order valence-corrected chi connectivity index (χ3v) is 2.20. The molecular weight excluding hydrogens is 168 g/mol. The summed E-state index contributed by atoms with van der Waals surface area (Å²) >= 11 is 0. The van der Waals surface area contributed by atoms with E-state index >= 15 is 0 Å². The molecule has 1 heterocycles. The minimum Gasteiger partial charge on any atom is -0.293 e. The Kier molecular flexibility index (Phi) is 2.67. The fraction of sp³-hybridized carbons (Fsp3) is 0.500. The van der Waals surface area contributed by atoms with Gasteiger partial charge in [0.1, 0.15) is 6.54 Å². The molecule has 13 heavy (non-hydrogen) atoms. The molecule has 0 atom stereocenters. The fourth-order valence-electron chi connectivity index (χ4n) is 1.12. The van der Waals surface area contributed by atoms with E-state index in [4.69, 9.17) is 5.84 Å². The highest BCUT2D eigenvalue weighted by atomic mass is 16.2. The number of hydrazine groups is 1. The Morgan fingerprint density at radius 3 is 2.54 bits per heavy atom. The van der Waals surface area contributed by atoms with Gasteiger partial charge in [0.05, 0.1) is 5.69 Å². The van der Waals surface area contributed by atoms with Crippen molar-refractivity contribution in [1.29, 1.82) is 0 Å². The molecule has 0 fully saturated rings. The predicted octanol–water partition coefficient (Wildman–Crippen LogP) is -0.202. The molecule has 0 aliphatic heterocycles. The second-order valence-corrected chi connectivity index (χ2v) is 3.02. The van der Waals surface area contributed by atoms with Gasteiger partial charge in [-0.05, 0) is 26.3 Å². The van der Waals surface area contributed by atoms with Gasteiger partial charge in [-0.15, -0.1) is 0 Å². The first-order valence-corrected chi connectivity index (χ1v) is 4.06. The van der Waals surface area contributed by atoms with Crippen LogP contribution in [0.25, 0.3) is 0 Å². The van der Waals surface area contributed by atoms with Crippen LogP contribution in [-0.4, -0.2) is 15.7 Å². The maximum absolute atomic E-state index is 11.0. The van der Waals surface area contributed by atoms with E-state index in [0.717, 1.165) is 17.0 Å². The summed E-state index contributed by atoms with van der Waals surface area (Å²) in [5.41, 5.74) is 5.13. The van der Waals surface area contributed by atoms with Crippen molar-refractivity contribution in [1.82, 2.24) is 15.2 Å². The maximum atomic E-state index is 11.0. The third-order valence-electron chi connectivity index (χ3n) is 2.20. The highest BCUT2D eigenvalue weighted by Crippen LogP contribution is 2.10. The van der Waals surface area contributed by atoms with Crippen molar-refractivity contribution in [2.24, 2.45) is 5.84 Å². The normalized spacial score (nSPS) is 10.2. The Morgan fingerprint density at radius 2 is 2.15 bits per heavy atom. The molecule has 5 nitrogen and oxygen atoms in total. The lowest BCUT2D eigenvalue weighted by Gasteiger charge is -2.02. The van der Waals surface area contributed by atoms with Crippen molar-refractivity contribution < 1.29 is 4.79 Å². The number of aromatic nitrogens is 2. The Hall–Kier alpha value is -1.36. The summed E-state index contributed by atoms with van der Waals surface area (Å²) in [6.07, 6.45) is 0. The number of aryl methyl sites for hydroxylation is 1. The van der Waals surface area contributed by atoms with Gasteiger partial charge in [-0.25, -0.2) is 5.84 Å². The van der Waals surface area contributed by atoms with Gasteiger partial charge in [0.25, 0.3) is 5.91 Å². The van der Waals surface area contributed by atoms with E-state index in [1.807, 2.05) is 20.8 Å². The zero-order valence-corrected chi connectivity index (χ0v) is 8.09. The summed E-state index contributed by atoms with van der Waals surface area (Å²) in [6, 6.07) is 0. The standard InChI is InChI=1S/C8H14N4O/c1-5-6(2)11-12(7(5)3)4-8(13)10-9/h4,9H2,1-3H3,(H,10,13). The lowest BCUT2D eigenvalue weighted by atomic mass is 10.2. The number of rotatable bonds is 2. The van der Waals surface area contributed by atoms with Gasteiger partial charge in [0.2, 0.25) is 0 Å². The molecule has 0 saturated heterocycles. The van der Waals surface area contributed by atoms with E-state index in [0.29, 0.717) is 0 Å². The number of carbonyl (C=O) groups is 1. The average Bonchev–Trinajstić information content (AvgIpc) is 2.34. The molecule has 0 aliphatic carbocycles. The molecule has 1 aromatic heterocycles. The first-order valence-electron chi connectivity index (χ1n) is 4.06. The summed E-state index contributed by atoms with van der Waals surface area (Å²) < 4.78 is 1.65. The Bertz CT molecular complexity index is 329. The molecule has 1 rings (SSSR count). The van der Waals surface area contributed by atoms with Crippen molar-refractivity contribution in [2.75, 3.05) is 0 Å². The molecular formula is C8H14N4O. The smallest absolute Gasteiger partial charge is 0.255 e. The van der Waals surface area contributed by atoms with Crippen molar-refractivity contribution in [3.05, 3.63) is 17.0 Å². The number of nitrogens with zero attached hydrogens (tertiary/aromatic N) is 2. The molecule has 3 N–H and O–H groups in total. The molecule has 0 spiro atoms. The van der Waals surface area contributed by atoms with Gasteiger partial charge in [-0.3, -0.25) is 14.9 Å². The van der Waals surface area contributed by atoms with Crippen molar-refractivity contribution >= 4 is 5.91 Å². The van der Waals surface area contributed by atoms with Crippen molar-refractivity contribution in [2.45, 2.75) is 27.3 Å². The molecule has 1 aromatic rings. The van der Waals surface area contributed by atoms with Crippen LogP contribution in [0.1, 0.15) is 17.0 Å². The number of carbonyl (C=O) groups excluding carboxylic acids is 1. The van der Waals surface area contributed by atoms with Crippen LogP contribution in [0.15, 0.2) is 0 Å². The van der Waals surface area contributed by atoms with E-state index in [2.05, 4.69) is 10.5 Å². The topological polar surface area (TPSA) is 72.9 Å². The van der Waals surface area contributed by atoms with Gasteiger partial charge in [0.15, 0.2) is 0 Å². The zero-order chi connectivity index (χ0) is 10.0. The summed E-state index contributed by atoms with van der Waals surface area (Å²) in [4.78, 5) is 11.0. The Balaban J connectivity index is 2.90. The van der Waals surface area contributed by atoms with E-state index < -0.39 is 0 Å². The van der Waals surface area contributed by atoms with Gasteiger partial charge in [-0.1, -0.05) is 0 Å². The van der Waals surface area contributed by atoms with Gasteiger partial charge < -0.3 is 0 Å². The predicted molar refractivity (Wildman–Crippen MR) is 48.8 cm³/mol. The highest BCUT2D eigenvalue weighted by Gasteiger charge is 2.09. The lowest BCUT2D eigenvalue weighted by Crippen LogP contribution is -2.33. The molecule has 0 aliphatic rings. The van der Waals surface area contributed by atoms with Crippen LogP contribution in [-0.2, 0) is 11.3 Å². The number of hydrogen-bond donors (Lipinski definition) is 2. The number of nitrogens with one attached hydrogen (secondary N) is 1. The highest BCUT2D eigenvalue weighted by molar-refractivity contribution is 5.74. The molecule has 0 saturated carbocycles. The minimum absolute atomic E-state index is 0.178. The first-order chi connectivity index (χ1) is 6.06. The molecule has 72 valence electrons. The van der Waals surface area contributed by atoms with Crippen molar-refractivity contribution in [3.63, 3.8) is 0 Å². The Morgan fingerprint density at radius 1 is 1.54 bits per heavy atom. The van der Waals surface area contributed by atoms with Gasteiger partial charge in [-0.2, -0.15) is 5.10 Å². The Labute approximate surface area is 76.9 Å². The zero-order valence-electron chi connectivity index (χ0n) is 8.09. The molecule has 0 radical (unpaired) electrons. The van der Waals surface area contributed by atoms with Crippen molar-refractivity contribution in [3.8, 4) is 0 Å². The lowest BCUT2D eigenvalue weighted by molar-refractivity contribution is -0.121. The quantitative estimate of drug-likeness (QED) is 0.378. The molecule has 5 heteroatoms. The van der Waals surface area contributed by atoms with E-state index in [-0.39, 0.29) is 12.5 Å². The second-order valence-electron chi connectivity index (χ2n) is 3.02. The van der Waals surface area contributed by atoms with Crippen LogP contribution in [0.3, 0.4) is 0 Å². The summed E-state index contributed by atoms with van der Waals surface area (Å²) in [6.45, 7) is 6.00. The molecule has 0 aromatic carbocycles. The van der Waals surface area contributed by atoms with E-state index in [1.165, 1.54) is 0 Å². The van der Waals surface area contributed by atoms with Crippen LogP contribution < -0.4 is 11.3 Å². The summed E-state index contributed by atoms with van der Waals surface area (Å²) in [5, 5.41) is 4.20. The van der Waals surface area contributed by atoms with E-state index in [9.17, 15) is 4.79 Å². The monoisotopic (exact) mass is 182 g/mol. The number of hydrogen-bond acceptors (Lipinski definition) is 3. The van der Waals surface area contributed by atoms with Gasteiger partial charge >= 0.3 is 0 Å². The largest absolute Gasteiger partial charge is 0.293 e.